The smallest absolute Gasteiger partial charge is 0.352 e. The van der Waals surface area contributed by atoms with Gasteiger partial charge in [-0.25, -0.2) is 13.2 Å². The second-order valence-electron chi connectivity index (χ2n) is 7.71. The molecule has 0 unspecified atom stereocenters. The van der Waals surface area contributed by atoms with Gasteiger partial charge in [0.1, 0.15) is 10.6 Å². The number of hydrogen-bond acceptors (Lipinski definition) is 7. The van der Waals surface area contributed by atoms with Gasteiger partial charge in [-0.15, -0.1) is 11.3 Å². The molecule has 0 bridgehead atoms. The maximum Gasteiger partial charge on any atom is 0.352 e. The first-order valence-electron chi connectivity index (χ1n) is 10.4. The van der Waals surface area contributed by atoms with Crippen LogP contribution in [0.5, 0.6) is 5.75 Å². The summed E-state index contributed by atoms with van der Waals surface area (Å²) >= 11 is 10.5. The normalized spacial score (nSPS) is 11.5. The Hall–Kier alpha value is -3.39. The van der Waals surface area contributed by atoms with E-state index in [0.717, 1.165) is 17.4 Å². The number of fused-ring (bicyclic) bond motifs is 1. The Labute approximate surface area is 227 Å². The second kappa shape index (κ2) is 9.82. The summed E-state index contributed by atoms with van der Waals surface area (Å²) in [5, 5.41) is 25.6. The highest BCUT2D eigenvalue weighted by molar-refractivity contribution is 9.10. The van der Waals surface area contributed by atoms with Crippen LogP contribution >= 0.6 is 38.9 Å². The number of hydrogen-bond donors (Lipinski definition) is 5. The first-order chi connectivity index (χ1) is 17.4. The number of carbonyl (C=O) groups is 3. The van der Waals surface area contributed by atoms with E-state index in [1.54, 1.807) is 11.4 Å². The number of H-pyrrole nitrogens is 1. The third-order valence-electron chi connectivity index (χ3n) is 5.53. The lowest BCUT2D eigenvalue weighted by atomic mass is 9.96. The molecule has 0 radical (unpaired) electrons. The molecule has 4 rings (SSSR count). The van der Waals surface area contributed by atoms with Crippen molar-refractivity contribution in [2.45, 2.75) is 11.8 Å². The van der Waals surface area contributed by atoms with Crippen molar-refractivity contribution in [3.63, 3.8) is 0 Å². The van der Waals surface area contributed by atoms with Crippen molar-refractivity contribution in [2.24, 2.45) is 5.73 Å². The first-order valence-corrected chi connectivity index (χ1v) is 14.1. The number of aromatic carboxylic acids is 1. The molecule has 0 saturated heterocycles. The van der Waals surface area contributed by atoms with Crippen molar-refractivity contribution in [3.05, 3.63) is 61.3 Å². The summed E-state index contributed by atoms with van der Waals surface area (Å²) in [7, 11) is -4.19. The van der Waals surface area contributed by atoms with Crippen LogP contribution in [0.1, 0.15) is 37.4 Å². The molecular weight excluding hydrogens is 610 g/mol. The van der Waals surface area contributed by atoms with Crippen LogP contribution < -0.4 is 11.1 Å². The number of carbonyl (C=O) groups excluding carboxylic acids is 2. The number of aromatic hydroxyl groups is 1. The standard InChI is InChI=1S/C23H17BrClN3O7S2/c1-2-37(34,35)14-8-11(21(26)30)19(29)17(28-22(31)20-12(24)5-6-36-20)16(14)15-10-7-9(25)3-4-13(10)27-18(15)23(32)33/h3-8,27,29H,2H2,1H3,(H2,26,30)(H,28,31)(H,32,33). The van der Waals surface area contributed by atoms with Gasteiger partial charge < -0.3 is 26.2 Å². The van der Waals surface area contributed by atoms with Gasteiger partial charge in [0.05, 0.1) is 21.9 Å². The fraction of sp³-hybridized carbons (Fsp3) is 0.0870. The van der Waals surface area contributed by atoms with Gasteiger partial charge in [-0.05, 0) is 51.6 Å². The molecule has 2 heterocycles. The number of amides is 2. The molecule has 0 aliphatic rings. The highest BCUT2D eigenvalue weighted by Gasteiger charge is 2.33. The van der Waals surface area contributed by atoms with Crippen molar-refractivity contribution < 1.29 is 33.0 Å². The molecule has 10 nitrogen and oxygen atoms in total. The number of nitrogens with one attached hydrogen (secondary N) is 2. The van der Waals surface area contributed by atoms with Gasteiger partial charge in [0.15, 0.2) is 15.6 Å². The summed E-state index contributed by atoms with van der Waals surface area (Å²) in [5.74, 6) is -4.64. The van der Waals surface area contributed by atoms with Gasteiger partial charge in [-0.2, -0.15) is 0 Å². The van der Waals surface area contributed by atoms with Gasteiger partial charge in [-0.3, -0.25) is 9.59 Å². The number of phenols is 1. The van der Waals surface area contributed by atoms with Crippen molar-refractivity contribution in [1.29, 1.82) is 0 Å². The number of thiophene rings is 1. The fourth-order valence-corrected chi connectivity index (χ4v) is 6.56. The van der Waals surface area contributed by atoms with Crippen LogP contribution in [0.25, 0.3) is 22.0 Å². The Morgan fingerprint density at radius 2 is 1.89 bits per heavy atom. The number of nitrogens with two attached hydrogens (primary N) is 1. The van der Waals surface area contributed by atoms with Crippen LogP contribution in [0.4, 0.5) is 5.69 Å². The number of aromatic amines is 1. The summed E-state index contributed by atoms with van der Waals surface area (Å²) in [6, 6.07) is 6.90. The first kappa shape index (κ1) is 26.7. The molecule has 2 aromatic heterocycles. The van der Waals surface area contributed by atoms with Crippen molar-refractivity contribution >= 4 is 83.1 Å². The molecule has 37 heavy (non-hydrogen) atoms. The topological polar surface area (TPSA) is 180 Å². The lowest BCUT2D eigenvalue weighted by Gasteiger charge is -2.19. The Morgan fingerprint density at radius 3 is 2.46 bits per heavy atom. The van der Waals surface area contributed by atoms with E-state index in [4.69, 9.17) is 17.3 Å². The molecule has 0 saturated carbocycles. The van der Waals surface area contributed by atoms with Crippen molar-refractivity contribution in [3.8, 4) is 16.9 Å². The quantitative estimate of drug-likeness (QED) is 0.182. The highest BCUT2D eigenvalue weighted by Crippen LogP contribution is 2.47. The van der Waals surface area contributed by atoms with E-state index in [-0.39, 0.29) is 26.4 Å². The maximum atomic E-state index is 13.3. The molecular formula is C23H17BrClN3O7S2. The van der Waals surface area contributed by atoms with Crippen LogP contribution in [0.15, 0.2) is 45.1 Å². The van der Waals surface area contributed by atoms with E-state index < -0.39 is 61.0 Å². The van der Waals surface area contributed by atoms with Crippen molar-refractivity contribution in [2.75, 3.05) is 11.1 Å². The molecule has 192 valence electrons. The van der Waals surface area contributed by atoms with Crippen LogP contribution in [0, 0.1) is 0 Å². The molecule has 2 amide bonds. The SMILES string of the molecule is CCS(=O)(=O)c1cc(C(N)=O)c(O)c(NC(=O)c2sccc2Br)c1-c1c(C(=O)O)[nH]c2ccc(Cl)cc12. The van der Waals surface area contributed by atoms with Crippen LogP contribution in [0.3, 0.4) is 0 Å². The lowest BCUT2D eigenvalue weighted by Crippen LogP contribution is -2.18. The third-order valence-corrected chi connectivity index (χ3v) is 9.35. The summed E-state index contributed by atoms with van der Waals surface area (Å²) in [6.45, 7) is 1.35. The number of primary amides is 1. The Bertz CT molecular complexity index is 1730. The number of halogens is 2. The molecule has 14 heteroatoms. The molecule has 2 aromatic carbocycles. The Balaban J connectivity index is 2.21. The van der Waals surface area contributed by atoms with Gasteiger partial charge in [-0.1, -0.05) is 18.5 Å². The summed E-state index contributed by atoms with van der Waals surface area (Å²) in [4.78, 5) is 40.0. The van der Waals surface area contributed by atoms with E-state index in [1.807, 2.05) is 0 Å². The van der Waals surface area contributed by atoms with Crippen LogP contribution in [0.2, 0.25) is 5.02 Å². The van der Waals surface area contributed by atoms with Gasteiger partial charge in [0.2, 0.25) is 0 Å². The third kappa shape index (κ3) is 4.70. The molecule has 0 spiro atoms. The molecule has 4 aromatic rings. The fourth-order valence-electron chi connectivity index (χ4n) is 3.82. The number of sulfone groups is 1. The number of aromatic nitrogens is 1. The predicted octanol–water partition coefficient (Wildman–Crippen LogP) is 4.86. The number of carboxylic acids is 1. The van der Waals surface area contributed by atoms with Crippen LogP contribution in [-0.2, 0) is 9.84 Å². The second-order valence-corrected chi connectivity index (χ2v) is 12.2. The molecule has 0 fully saturated rings. The summed E-state index contributed by atoms with van der Waals surface area (Å²) < 4.78 is 27.0. The number of anilines is 1. The maximum absolute atomic E-state index is 13.3. The number of rotatable bonds is 7. The van der Waals surface area contributed by atoms with E-state index in [2.05, 4.69) is 26.2 Å². The average molecular weight is 627 g/mol. The summed E-state index contributed by atoms with van der Waals surface area (Å²) in [5.41, 5.74) is 3.71. The Morgan fingerprint density at radius 1 is 1.19 bits per heavy atom. The minimum atomic E-state index is -4.19. The van der Waals surface area contributed by atoms with E-state index >= 15 is 0 Å². The lowest BCUT2D eigenvalue weighted by molar-refractivity contribution is 0.0692. The van der Waals surface area contributed by atoms with Crippen LogP contribution in [-0.4, -0.2) is 47.2 Å². The van der Waals surface area contributed by atoms with E-state index in [1.165, 1.54) is 25.1 Å². The highest BCUT2D eigenvalue weighted by atomic mass is 79.9. The zero-order valence-corrected chi connectivity index (χ0v) is 22.7. The minimum Gasteiger partial charge on any atom is -0.505 e. The number of benzene rings is 2. The van der Waals surface area contributed by atoms with Crippen molar-refractivity contribution in [1.82, 2.24) is 4.98 Å². The molecule has 6 N–H and O–H groups in total. The minimum absolute atomic E-state index is 0.163. The average Bonchev–Trinajstić information content (AvgIpc) is 3.43. The predicted molar refractivity (Wildman–Crippen MR) is 144 cm³/mol. The zero-order valence-electron chi connectivity index (χ0n) is 18.8. The largest absolute Gasteiger partial charge is 0.505 e. The Kier molecular flexibility index (Phi) is 7.08. The molecule has 0 aliphatic heterocycles. The van der Waals surface area contributed by atoms with E-state index in [9.17, 15) is 33.0 Å². The van der Waals surface area contributed by atoms with E-state index in [0.29, 0.717) is 9.99 Å². The molecule has 0 atom stereocenters. The monoisotopic (exact) mass is 625 g/mol. The zero-order chi connectivity index (χ0) is 27.2. The molecule has 0 aliphatic carbocycles. The summed E-state index contributed by atoms with van der Waals surface area (Å²) in [6.07, 6.45) is 0. The van der Waals surface area contributed by atoms with Gasteiger partial charge in [0, 0.05) is 31.5 Å². The van der Waals surface area contributed by atoms with Gasteiger partial charge >= 0.3 is 5.97 Å². The van der Waals surface area contributed by atoms with Gasteiger partial charge in [0.25, 0.3) is 11.8 Å². The number of carboxylic acid groups (broad SMARTS) is 1.